The molecule has 210 valence electrons. The van der Waals surface area contributed by atoms with Gasteiger partial charge < -0.3 is 21.3 Å². The molecule has 0 aliphatic rings. The topological polar surface area (TPSA) is 130 Å². The third-order valence-corrected chi connectivity index (χ3v) is 6.76. The number of phenols is 2. The number of phenolic OH excluding ortho intramolecular Hbond substituents is 2. The molecule has 0 aliphatic carbocycles. The van der Waals surface area contributed by atoms with E-state index in [0.29, 0.717) is 11.4 Å². The van der Waals surface area contributed by atoms with E-state index in [1.807, 2.05) is 0 Å². The molecule has 8 nitrogen and oxygen atoms in total. The maximum absolute atomic E-state index is 12.9. The van der Waals surface area contributed by atoms with Crippen molar-refractivity contribution in [1.29, 1.82) is 0 Å². The summed E-state index contributed by atoms with van der Waals surface area (Å²) in [4.78, 5) is 28.6. The zero-order chi connectivity index (χ0) is 30.0. The molecule has 1 aromatic heterocycles. The molecule has 0 bridgehead atoms. The molecule has 0 saturated heterocycles. The highest BCUT2D eigenvalue weighted by atomic mass is 35.5. The number of aromatic hydroxyl groups is 2. The first kappa shape index (κ1) is 29.9. The van der Waals surface area contributed by atoms with Crippen molar-refractivity contribution in [2.24, 2.45) is 0 Å². The number of carbonyl (C=O) groups is 1. The second kappa shape index (κ2) is 12.2. The van der Waals surface area contributed by atoms with Gasteiger partial charge in [0, 0.05) is 5.69 Å². The van der Waals surface area contributed by atoms with Gasteiger partial charge in [-0.2, -0.15) is 0 Å². The van der Waals surface area contributed by atoms with Crippen molar-refractivity contribution in [3.8, 4) is 17.2 Å². The predicted molar refractivity (Wildman–Crippen MR) is 156 cm³/mol. The number of fused-ring (bicyclic) bond motifs is 1. The Labute approximate surface area is 250 Å². The third kappa shape index (κ3) is 6.31. The fourth-order valence-electron chi connectivity index (χ4n) is 3.58. The number of hydrogen-bond donors (Lipinski definition) is 4. The standard InChI is InChI=1S/C14H7Cl2FN2O2.C13H9Cl2FN2O2/c15-9-5-10(16)13(20)12-11(9)14(21)19(6-18-12)8-3-1-7(17)2-4-8;14-8-5-9(15)12(19)11(17)10(8)13(20)18-7-3-1-6(16)2-4-7/h1-6,20H;1-5,19H,17H2,(H,18,20). The summed E-state index contributed by atoms with van der Waals surface area (Å²) in [5.74, 6) is -2.20. The Morgan fingerprint density at radius 1 is 0.829 bits per heavy atom. The van der Waals surface area contributed by atoms with Gasteiger partial charge in [0.1, 0.15) is 23.5 Å². The summed E-state index contributed by atoms with van der Waals surface area (Å²) in [6, 6.07) is 13.0. The van der Waals surface area contributed by atoms with Crippen LogP contribution in [0.2, 0.25) is 20.1 Å². The lowest BCUT2D eigenvalue weighted by atomic mass is 10.1. The van der Waals surface area contributed by atoms with Crippen LogP contribution in [-0.2, 0) is 0 Å². The number of anilines is 2. The molecule has 5 N–H and O–H groups in total. The van der Waals surface area contributed by atoms with Crippen LogP contribution in [0.5, 0.6) is 11.5 Å². The average Bonchev–Trinajstić information content (AvgIpc) is 2.92. The van der Waals surface area contributed by atoms with Gasteiger partial charge in [0.05, 0.1) is 42.4 Å². The fraction of sp³-hybridized carbons (Fsp3) is 0. The van der Waals surface area contributed by atoms with E-state index in [1.165, 1.54) is 71.6 Å². The molecule has 0 atom stereocenters. The van der Waals surface area contributed by atoms with Gasteiger partial charge >= 0.3 is 0 Å². The summed E-state index contributed by atoms with van der Waals surface area (Å²) in [5, 5.41) is 22.1. The lowest BCUT2D eigenvalue weighted by molar-refractivity contribution is 0.102. The van der Waals surface area contributed by atoms with E-state index in [1.54, 1.807) is 0 Å². The van der Waals surface area contributed by atoms with E-state index in [0.717, 1.165) is 0 Å². The van der Waals surface area contributed by atoms with Crippen LogP contribution in [0.15, 0.2) is 71.8 Å². The van der Waals surface area contributed by atoms with Gasteiger partial charge in [-0.25, -0.2) is 13.8 Å². The molecule has 0 fully saturated rings. The summed E-state index contributed by atoms with van der Waals surface area (Å²) >= 11 is 23.4. The summed E-state index contributed by atoms with van der Waals surface area (Å²) in [6.07, 6.45) is 1.23. The Morgan fingerprint density at radius 3 is 1.98 bits per heavy atom. The molecule has 1 amide bonds. The molecule has 0 radical (unpaired) electrons. The first-order chi connectivity index (χ1) is 19.4. The maximum Gasteiger partial charge on any atom is 0.267 e. The minimum Gasteiger partial charge on any atom is -0.504 e. The van der Waals surface area contributed by atoms with Crippen molar-refractivity contribution in [2.75, 3.05) is 11.1 Å². The highest BCUT2D eigenvalue weighted by molar-refractivity contribution is 6.40. The van der Waals surface area contributed by atoms with E-state index < -0.39 is 28.9 Å². The van der Waals surface area contributed by atoms with Crippen LogP contribution < -0.4 is 16.6 Å². The lowest BCUT2D eigenvalue weighted by Crippen LogP contribution is -2.19. The van der Waals surface area contributed by atoms with E-state index in [2.05, 4.69) is 10.3 Å². The molecule has 0 aliphatic heterocycles. The Balaban J connectivity index is 0.000000189. The Bertz CT molecular complexity index is 1850. The van der Waals surface area contributed by atoms with Crippen LogP contribution in [0.3, 0.4) is 0 Å². The second-order valence-corrected chi connectivity index (χ2v) is 9.88. The van der Waals surface area contributed by atoms with Crippen molar-refractivity contribution in [3.63, 3.8) is 0 Å². The number of nitrogens with zero attached hydrogens (tertiary/aromatic N) is 2. The van der Waals surface area contributed by atoms with E-state index in [9.17, 15) is 28.6 Å². The molecule has 1 heterocycles. The molecule has 0 spiro atoms. The van der Waals surface area contributed by atoms with Gasteiger partial charge in [-0.1, -0.05) is 46.4 Å². The smallest absolute Gasteiger partial charge is 0.267 e. The third-order valence-electron chi connectivity index (χ3n) is 5.59. The number of carbonyl (C=O) groups excluding carboxylic acids is 1. The van der Waals surface area contributed by atoms with Crippen molar-refractivity contribution in [3.05, 3.63) is 115 Å². The molecular weight excluding hydrogens is 624 g/mol. The summed E-state index contributed by atoms with van der Waals surface area (Å²) < 4.78 is 26.9. The zero-order valence-corrected chi connectivity index (χ0v) is 23.3. The molecule has 5 aromatic rings. The SMILES string of the molecule is Nc1c(O)c(Cl)cc(Cl)c1C(=O)Nc1ccc(F)cc1.O=c1c2c(Cl)cc(Cl)c(O)c2ncn1-c1ccc(F)cc1. The van der Waals surface area contributed by atoms with E-state index in [4.69, 9.17) is 52.1 Å². The zero-order valence-electron chi connectivity index (χ0n) is 20.3. The average molecular weight is 640 g/mol. The number of amides is 1. The van der Waals surface area contributed by atoms with Crippen molar-refractivity contribution < 1.29 is 23.8 Å². The van der Waals surface area contributed by atoms with Gasteiger partial charge in [-0.05, 0) is 60.7 Å². The summed E-state index contributed by atoms with van der Waals surface area (Å²) in [7, 11) is 0. The van der Waals surface area contributed by atoms with Crippen LogP contribution in [0.25, 0.3) is 16.6 Å². The molecular formula is C27H16Cl4F2N4O4. The number of aromatic nitrogens is 2. The highest BCUT2D eigenvalue weighted by Gasteiger charge is 2.20. The monoisotopic (exact) mass is 638 g/mol. The van der Waals surface area contributed by atoms with E-state index in [-0.39, 0.29) is 48.0 Å². The van der Waals surface area contributed by atoms with Crippen LogP contribution in [-0.4, -0.2) is 25.7 Å². The number of hydrogen-bond acceptors (Lipinski definition) is 6. The second-order valence-electron chi connectivity index (χ2n) is 8.25. The van der Waals surface area contributed by atoms with Crippen LogP contribution in [0.4, 0.5) is 20.2 Å². The Kier molecular flexibility index (Phi) is 8.89. The number of nitrogens with one attached hydrogen (secondary N) is 1. The van der Waals surface area contributed by atoms with Crippen LogP contribution in [0.1, 0.15) is 10.4 Å². The van der Waals surface area contributed by atoms with Gasteiger partial charge in [-0.15, -0.1) is 0 Å². The molecule has 0 saturated carbocycles. The summed E-state index contributed by atoms with van der Waals surface area (Å²) in [6.45, 7) is 0. The van der Waals surface area contributed by atoms with Crippen molar-refractivity contribution >= 4 is 74.6 Å². The van der Waals surface area contributed by atoms with Gasteiger partial charge in [0.25, 0.3) is 11.5 Å². The van der Waals surface area contributed by atoms with Crippen molar-refractivity contribution in [2.45, 2.75) is 0 Å². The maximum atomic E-state index is 12.9. The molecule has 0 unspecified atom stereocenters. The lowest BCUT2D eigenvalue weighted by Gasteiger charge is -2.11. The number of halogens is 6. The number of nitrogen functional groups attached to an aromatic ring is 1. The van der Waals surface area contributed by atoms with Crippen LogP contribution >= 0.6 is 46.4 Å². The number of rotatable bonds is 3. The Hall–Kier alpha value is -4.09. The molecule has 4 aromatic carbocycles. The molecule has 41 heavy (non-hydrogen) atoms. The molecule has 5 rings (SSSR count). The Morgan fingerprint density at radius 2 is 1.37 bits per heavy atom. The van der Waals surface area contributed by atoms with Crippen molar-refractivity contribution in [1.82, 2.24) is 9.55 Å². The molecule has 14 heteroatoms. The van der Waals surface area contributed by atoms with Gasteiger partial charge in [0.2, 0.25) is 0 Å². The minimum absolute atomic E-state index is 0.00455. The predicted octanol–water partition coefficient (Wildman–Crippen LogP) is 7.21. The van der Waals surface area contributed by atoms with Gasteiger partial charge in [-0.3, -0.25) is 14.2 Å². The normalized spacial score (nSPS) is 10.7. The highest BCUT2D eigenvalue weighted by Crippen LogP contribution is 2.38. The van der Waals surface area contributed by atoms with Gasteiger partial charge in [0.15, 0.2) is 11.5 Å². The minimum atomic E-state index is -0.633. The number of nitrogens with two attached hydrogens (primary N) is 1. The van der Waals surface area contributed by atoms with E-state index >= 15 is 0 Å². The quantitative estimate of drug-likeness (QED) is 0.122. The summed E-state index contributed by atoms with van der Waals surface area (Å²) in [5.41, 5.74) is 5.64. The fourth-order valence-corrected chi connectivity index (χ4v) is 4.68. The largest absolute Gasteiger partial charge is 0.504 e. The first-order valence-electron chi connectivity index (χ1n) is 11.3. The first-order valence-corrected chi connectivity index (χ1v) is 12.8. The van der Waals surface area contributed by atoms with Crippen LogP contribution in [0, 0.1) is 11.6 Å². The number of benzene rings is 4.